The number of alkyl halides is 5. The molecule has 0 bridgehead atoms. The zero-order valence-corrected chi connectivity index (χ0v) is 12.6. The van der Waals surface area contributed by atoms with Gasteiger partial charge in [-0.05, 0) is 25.3 Å². The van der Waals surface area contributed by atoms with Crippen LogP contribution in [-0.4, -0.2) is 38.6 Å². The monoisotopic (exact) mass is 365 g/mol. The summed E-state index contributed by atoms with van der Waals surface area (Å²) in [5.74, 6) is -6.72. The van der Waals surface area contributed by atoms with Gasteiger partial charge < -0.3 is 9.84 Å². The van der Waals surface area contributed by atoms with E-state index in [2.05, 4.69) is 10.1 Å². The molecule has 2 aromatic rings. The van der Waals surface area contributed by atoms with Crippen molar-refractivity contribution in [3.63, 3.8) is 0 Å². The lowest BCUT2D eigenvalue weighted by Crippen LogP contribution is -2.33. The summed E-state index contributed by atoms with van der Waals surface area (Å²) in [6.45, 7) is 0.401. The number of carboxylic acid groups (broad SMARTS) is 1. The largest absolute Gasteiger partial charge is 0.476 e. The van der Waals surface area contributed by atoms with Crippen LogP contribution in [0.4, 0.5) is 22.0 Å². The van der Waals surface area contributed by atoms with Crippen LogP contribution in [0.25, 0.3) is 11.0 Å². The van der Waals surface area contributed by atoms with Crippen LogP contribution >= 0.6 is 0 Å². The van der Waals surface area contributed by atoms with Crippen LogP contribution < -0.4 is 0 Å². The van der Waals surface area contributed by atoms with E-state index in [-0.39, 0.29) is 5.65 Å². The predicted molar refractivity (Wildman–Crippen MR) is 73.3 cm³/mol. The first-order chi connectivity index (χ1) is 11.6. The number of carbonyl (C=O) groups is 1. The molecular weight excluding hydrogens is 353 g/mol. The number of carboxylic acids is 1. The number of rotatable bonds is 3. The van der Waals surface area contributed by atoms with Crippen molar-refractivity contribution < 1.29 is 36.6 Å². The Morgan fingerprint density at radius 3 is 2.56 bits per heavy atom. The second-order valence-corrected chi connectivity index (χ2v) is 5.59. The minimum absolute atomic E-state index is 0.119. The Kier molecular flexibility index (Phi) is 4.13. The van der Waals surface area contributed by atoms with Gasteiger partial charge >= 0.3 is 18.1 Å². The molecular formula is C14H12F5N3O3. The SMILES string of the molecule is O=C(O)c1nn(C2CCCCO2)c2ncc(C(F)(F)C(F)(F)F)cc12. The van der Waals surface area contributed by atoms with Crippen LogP contribution in [0.1, 0.15) is 41.5 Å². The number of aromatic carboxylic acids is 1. The smallest absolute Gasteiger partial charge is 0.458 e. The Balaban J connectivity index is 2.16. The van der Waals surface area contributed by atoms with Crippen molar-refractivity contribution in [2.75, 3.05) is 6.61 Å². The number of fused-ring (bicyclic) bond motifs is 1. The minimum Gasteiger partial charge on any atom is -0.476 e. The molecule has 0 aliphatic carbocycles. The van der Waals surface area contributed by atoms with Crippen molar-refractivity contribution in [1.82, 2.24) is 14.8 Å². The molecule has 3 rings (SSSR count). The van der Waals surface area contributed by atoms with Crippen molar-refractivity contribution in [2.24, 2.45) is 0 Å². The maximum absolute atomic E-state index is 13.5. The summed E-state index contributed by atoms with van der Waals surface area (Å²) in [6.07, 6.45) is -4.02. The fourth-order valence-electron chi connectivity index (χ4n) is 2.63. The van der Waals surface area contributed by atoms with Crippen molar-refractivity contribution in [2.45, 2.75) is 37.6 Å². The number of hydrogen-bond donors (Lipinski definition) is 1. The van der Waals surface area contributed by atoms with Crippen LogP contribution in [0, 0.1) is 0 Å². The van der Waals surface area contributed by atoms with Gasteiger partial charge in [-0.25, -0.2) is 14.5 Å². The van der Waals surface area contributed by atoms with E-state index in [0.717, 1.165) is 17.5 Å². The fourth-order valence-corrected chi connectivity index (χ4v) is 2.63. The van der Waals surface area contributed by atoms with Crippen molar-refractivity contribution >= 4 is 17.0 Å². The Labute approximate surface area is 137 Å². The highest BCUT2D eigenvalue weighted by Gasteiger charge is 2.59. The standard InChI is InChI=1S/C14H12F5N3O3/c15-13(16,14(17,18)19)7-5-8-10(12(23)24)21-22(11(8)20-6-7)9-3-1-2-4-25-9/h5-6,9H,1-4H2,(H,23,24). The van der Waals surface area contributed by atoms with E-state index >= 15 is 0 Å². The predicted octanol–water partition coefficient (Wildman–Crippen LogP) is 3.48. The van der Waals surface area contributed by atoms with Gasteiger partial charge in [0.1, 0.15) is 0 Å². The van der Waals surface area contributed by atoms with E-state index < -0.39 is 40.9 Å². The molecule has 0 amide bonds. The van der Waals surface area contributed by atoms with Crippen molar-refractivity contribution in [3.05, 3.63) is 23.5 Å². The van der Waals surface area contributed by atoms with Gasteiger partial charge in [-0.1, -0.05) is 0 Å². The van der Waals surface area contributed by atoms with Crippen LogP contribution in [0.15, 0.2) is 12.3 Å². The van der Waals surface area contributed by atoms with Gasteiger partial charge in [-0.15, -0.1) is 0 Å². The van der Waals surface area contributed by atoms with Crippen LogP contribution in [-0.2, 0) is 10.7 Å². The third kappa shape index (κ3) is 2.92. The molecule has 1 N–H and O–H groups in total. The Bertz CT molecular complexity index is 812. The molecule has 6 nitrogen and oxygen atoms in total. The first kappa shape index (κ1) is 17.5. The highest BCUT2D eigenvalue weighted by Crippen LogP contribution is 2.44. The average molecular weight is 365 g/mol. The zero-order chi connectivity index (χ0) is 18.4. The highest BCUT2D eigenvalue weighted by atomic mass is 19.4. The highest BCUT2D eigenvalue weighted by molar-refractivity contribution is 6.00. The maximum Gasteiger partial charge on any atom is 0.458 e. The topological polar surface area (TPSA) is 77.2 Å². The number of nitrogens with zero attached hydrogens (tertiary/aromatic N) is 3. The molecule has 2 aromatic heterocycles. The van der Waals surface area contributed by atoms with Gasteiger partial charge in [0.25, 0.3) is 0 Å². The number of pyridine rings is 1. The number of halogens is 5. The van der Waals surface area contributed by atoms with E-state index in [1.807, 2.05) is 0 Å². The van der Waals surface area contributed by atoms with Crippen LogP contribution in [0.2, 0.25) is 0 Å². The normalized spacial score (nSPS) is 19.3. The molecule has 1 unspecified atom stereocenters. The minimum atomic E-state index is -5.83. The quantitative estimate of drug-likeness (QED) is 0.843. The maximum atomic E-state index is 13.5. The lowest BCUT2D eigenvalue weighted by Gasteiger charge is -2.23. The van der Waals surface area contributed by atoms with Gasteiger partial charge in [0.05, 0.1) is 5.39 Å². The van der Waals surface area contributed by atoms with Gasteiger partial charge in [-0.3, -0.25) is 0 Å². The lowest BCUT2D eigenvalue weighted by molar-refractivity contribution is -0.289. The van der Waals surface area contributed by atoms with E-state index in [9.17, 15) is 31.9 Å². The average Bonchev–Trinajstić information content (AvgIpc) is 2.93. The van der Waals surface area contributed by atoms with Crippen molar-refractivity contribution in [1.29, 1.82) is 0 Å². The van der Waals surface area contributed by atoms with Crippen LogP contribution in [0.5, 0.6) is 0 Å². The molecule has 0 saturated carbocycles. The zero-order valence-electron chi connectivity index (χ0n) is 12.6. The van der Waals surface area contributed by atoms with Gasteiger partial charge in [0.15, 0.2) is 17.6 Å². The fraction of sp³-hybridized carbons (Fsp3) is 0.500. The molecule has 0 radical (unpaired) electrons. The number of aromatic nitrogens is 3. The summed E-state index contributed by atoms with van der Waals surface area (Å²) in [5, 5.41) is 12.6. The first-order valence-electron chi connectivity index (χ1n) is 7.31. The van der Waals surface area contributed by atoms with Crippen molar-refractivity contribution in [3.8, 4) is 0 Å². The Morgan fingerprint density at radius 1 is 1.28 bits per heavy atom. The Hall–Kier alpha value is -2.30. The molecule has 1 aliphatic heterocycles. The van der Waals surface area contributed by atoms with E-state index in [1.54, 1.807) is 0 Å². The number of hydrogen-bond acceptors (Lipinski definition) is 4. The molecule has 136 valence electrons. The van der Waals surface area contributed by atoms with E-state index in [1.165, 1.54) is 0 Å². The summed E-state index contributed by atoms with van der Waals surface area (Å²) in [6, 6.07) is 0.464. The number of ether oxygens (including phenoxy) is 1. The van der Waals surface area contributed by atoms with E-state index in [0.29, 0.717) is 25.3 Å². The molecule has 0 aromatic carbocycles. The molecule has 1 fully saturated rings. The van der Waals surface area contributed by atoms with E-state index in [4.69, 9.17) is 4.74 Å². The second-order valence-electron chi connectivity index (χ2n) is 5.59. The second kappa shape index (κ2) is 5.90. The molecule has 1 atom stereocenters. The summed E-state index contributed by atoms with van der Waals surface area (Å²) in [7, 11) is 0. The first-order valence-corrected chi connectivity index (χ1v) is 7.31. The molecule has 1 aliphatic rings. The summed E-state index contributed by atoms with van der Waals surface area (Å²) in [4.78, 5) is 14.9. The summed E-state index contributed by atoms with van der Waals surface area (Å²) < 4.78 is 71.2. The molecule has 3 heterocycles. The van der Waals surface area contributed by atoms with Gasteiger partial charge in [0, 0.05) is 18.4 Å². The van der Waals surface area contributed by atoms with Gasteiger partial charge in [-0.2, -0.15) is 27.1 Å². The van der Waals surface area contributed by atoms with Crippen LogP contribution in [0.3, 0.4) is 0 Å². The van der Waals surface area contributed by atoms with Gasteiger partial charge in [0.2, 0.25) is 0 Å². The third-order valence-electron chi connectivity index (χ3n) is 3.90. The third-order valence-corrected chi connectivity index (χ3v) is 3.90. The molecule has 11 heteroatoms. The molecule has 0 spiro atoms. The Morgan fingerprint density at radius 2 is 2.00 bits per heavy atom. The lowest BCUT2D eigenvalue weighted by atomic mass is 10.1. The summed E-state index contributed by atoms with van der Waals surface area (Å²) >= 11 is 0. The summed E-state index contributed by atoms with van der Waals surface area (Å²) in [5.41, 5.74) is -2.22. The molecule has 25 heavy (non-hydrogen) atoms. The molecule has 1 saturated heterocycles.